The number of nitrogens with two attached hydrogens (primary N) is 3. The van der Waals surface area contributed by atoms with E-state index in [-0.39, 0.29) is 25.4 Å². The third kappa shape index (κ3) is 16.5. The highest BCUT2D eigenvalue weighted by atomic mass is 16.6. The number of nitrogens with zero attached hydrogens (tertiary/aromatic N) is 1. The first kappa shape index (κ1) is 38.5. The number of carbonyl (C=O) groups is 4. The van der Waals surface area contributed by atoms with Crippen LogP contribution in [0, 0.1) is 6.92 Å². The number of guanidine groups is 1. The second-order valence-corrected chi connectivity index (χ2v) is 12.4. The Morgan fingerprint density at radius 1 is 0.830 bits per heavy atom. The molecule has 2 aromatic carbocycles. The van der Waals surface area contributed by atoms with E-state index < -0.39 is 47.6 Å². The van der Waals surface area contributed by atoms with Crippen LogP contribution in [0.1, 0.15) is 69.6 Å². The summed E-state index contributed by atoms with van der Waals surface area (Å²) in [6.45, 7) is 7.96. The summed E-state index contributed by atoms with van der Waals surface area (Å²) in [5.41, 5.74) is 18.9. The molecule has 13 heteroatoms. The molecule has 258 valence electrons. The molecule has 0 aliphatic heterocycles. The summed E-state index contributed by atoms with van der Waals surface area (Å²) in [4.78, 5) is 55.9. The molecule has 0 saturated heterocycles. The predicted octanol–water partition coefficient (Wildman–Crippen LogP) is 2.33. The van der Waals surface area contributed by atoms with E-state index in [1.165, 1.54) is 0 Å². The minimum Gasteiger partial charge on any atom is -0.459 e. The Morgan fingerprint density at radius 3 is 2.13 bits per heavy atom. The monoisotopic (exact) mass is 653 g/mol. The molecule has 0 aliphatic carbocycles. The van der Waals surface area contributed by atoms with Crippen molar-refractivity contribution in [3.05, 3.63) is 71.3 Å². The number of hydrogen-bond acceptors (Lipinski definition) is 8. The molecule has 0 bridgehead atoms. The Labute approximate surface area is 277 Å². The summed E-state index contributed by atoms with van der Waals surface area (Å²) >= 11 is 0. The normalized spacial score (nSPS) is 13.0. The summed E-state index contributed by atoms with van der Waals surface area (Å²) in [5.74, 6) is -1.73. The van der Waals surface area contributed by atoms with Gasteiger partial charge in [-0.2, -0.15) is 0 Å². The van der Waals surface area contributed by atoms with E-state index in [2.05, 4.69) is 20.9 Å². The zero-order valence-corrected chi connectivity index (χ0v) is 27.9. The number of esters is 1. The number of amides is 3. The molecule has 0 radical (unpaired) electrons. The van der Waals surface area contributed by atoms with Gasteiger partial charge in [-0.05, 0) is 70.9 Å². The van der Waals surface area contributed by atoms with Gasteiger partial charge >= 0.3 is 12.1 Å². The largest absolute Gasteiger partial charge is 0.459 e. The van der Waals surface area contributed by atoms with Gasteiger partial charge in [0.05, 0.1) is 6.04 Å². The number of unbranched alkanes of at least 4 members (excludes halogenated alkanes) is 1. The summed E-state index contributed by atoms with van der Waals surface area (Å²) in [6, 6.07) is 13.8. The van der Waals surface area contributed by atoms with Gasteiger partial charge in [0.15, 0.2) is 5.96 Å². The maximum Gasteiger partial charge on any atom is 0.407 e. The molecule has 0 aliphatic rings. The number of hydrogen-bond donors (Lipinski definition) is 6. The van der Waals surface area contributed by atoms with Crippen molar-refractivity contribution >= 4 is 29.8 Å². The minimum absolute atomic E-state index is 0.0323. The van der Waals surface area contributed by atoms with Gasteiger partial charge in [-0.15, -0.1) is 0 Å². The molecule has 13 nitrogen and oxygen atoms in total. The molecule has 0 aromatic heterocycles. The average molecular weight is 654 g/mol. The number of carbonyl (C=O) groups excluding carboxylic acids is 4. The van der Waals surface area contributed by atoms with E-state index in [9.17, 15) is 19.2 Å². The lowest BCUT2D eigenvalue weighted by Crippen LogP contribution is -2.55. The quantitative estimate of drug-likeness (QED) is 0.0602. The highest BCUT2D eigenvalue weighted by Gasteiger charge is 2.29. The third-order valence-corrected chi connectivity index (χ3v) is 6.91. The van der Waals surface area contributed by atoms with Crippen LogP contribution >= 0.6 is 0 Å². The zero-order chi connectivity index (χ0) is 34.8. The van der Waals surface area contributed by atoms with Crippen molar-refractivity contribution in [1.82, 2.24) is 16.0 Å². The Bertz CT molecular complexity index is 1310. The number of aliphatic imine (C=N–C) groups is 1. The molecular formula is C34H51N7O6. The molecule has 0 saturated carbocycles. The van der Waals surface area contributed by atoms with Gasteiger partial charge in [0.1, 0.15) is 24.3 Å². The summed E-state index contributed by atoms with van der Waals surface area (Å²) in [5, 5.41) is 8.24. The van der Waals surface area contributed by atoms with Gasteiger partial charge in [0.2, 0.25) is 11.8 Å². The molecule has 3 amide bonds. The number of nitrogens with one attached hydrogen (secondary N) is 3. The fraction of sp³-hybridized carbons (Fsp3) is 0.500. The molecular weight excluding hydrogens is 602 g/mol. The zero-order valence-electron chi connectivity index (χ0n) is 27.9. The molecule has 0 spiro atoms. The topological polar surface area (TPSA) is 213 Å². The van der Waals surface area contributed by atoms with Crippen LogP contribution in [0.15, 0.2) is 59.6 Å². The Hall–Kier alpha value is -4.65. The first-order valence-electron chi connectivity index (χ1n) is 15.9. The van der Waals surface area contributed by atoms with Crippen LogP contribution in [0.4, 0.5) is 4.79 Å². The third-order valence-electron chi connectivity index (χ3n) is 6.91. The van der Waals surface area contributed by atoms with Crippen molar-refractivity contribution in [3.63, 3.8) is 0 Å². The number of benzene rings is 2. The second kappa shape index (κ2) is 19.8. The maximum atomic E-state index is 13.7. The van der Waals surface area contributed by atoms with Gasteiger partial charge in [-0.25, -0.2) is 9.59 Å². The van der Waals surface area contributed by atoms with Crippen LogP contribution in [0.25, 0.3) is 0 Å². The fourth-order valence-corrected chi connectivity index (χ4v) is 4.43. The van der Waals surface area contributed by atoms with Gasteiger partial charge in [-0.3, -0.25) is 14.6 Å². The first-order chi connectivity index (χ1) is 22.2. The molecule has 0 heterocycles. The summed E-state index contributed by atoms with van der Waals surface area (Å²) < 4.78 is 10.8. The van der Waals surface area contributed by atoms with Crippen LogP contribution in [-0.4, -0.2) is 66.7 Å². The number of aryl methyl sites for hydroxylation is 1. The Balaban J connectivity index is 2.12. The number of alkyl carbamates (subject to hydrolysis) is 1. The van der Waals surface area contributed by atoms with Gasteiger partial charge in [0.25, 0.3) is 0 Å². The van der Waals surface area contributed by atoms with E-state index in [1.807, 2.05) is 61.5 Å². The van der Waals surface area contributed by atoms with Crippen LogP contribution in [-0.2, 0) is 36.9 Å². The molecule has 0 unspecified atom stereocenters. The van der Waals surface area contributed by atoms with Crippen molar-refractivity contribution in [2.75, 3.05) is 13.1 Å². The minimum atomic E-state index is -1.02. The van der Waals surface area contributed by atoms with E-state index in [0.29, 0.717) is 38.8 Å². The highest BCUT2D eigenvalue weighted by Crippen LogP contribution is 2.11. The van der Waals surface area contributed by atoms with E-state index in [4.69, 9.17) is 26.7 Å². The van der Waals surface area contributed by atoms with Crippen molar-refractivity contribution in [1.29, 1.82) is 0 Å². The molecule has 47 heavy (non-hydrogen) atoms. The SMILES string of the molecule is Cc1ccc(COC(=O)[C@H](CCCCNC(=O)OC(C)(C)C)NC(=O)[C@@H](Cc2ccccc2)NC(=O)[C@@H](N)CCCN=C(N)N)cc1. The Morgan fingerprint density at radius 2 is 1.49 bits per heavy atom. The van der Waals surface area contributed by atoms with E-state index in [0.717, 1.165) is 16.7 Å². The first-order valence-corrected chi connectivity index (χ1v) is 15.9. The smallest absolute Gasteiger partial charge is 0.407 e. The lowest BCUT2D eigenvalue weighted by Gasteiger charge is -2.24. The molecule has 2 aromatic rings. The van der Waals surface area contributed by atoms with Crippen molar-refractivity contribution in [3.8, 4) is 0 Å². The van der Waals surface area contributed by atoms with Crippen molar-refractivity contribution < 1.29 is 28.7 Å². The maximum absolute atomic E-state index is 13.7. The number of ether oxygens (including phenoxy) is 2. The van der Waals surface area contributed by atoms with Gasteiger partial charge in [-0.1, -0.05) is 60.2 Å². The van der Waals surface area contributed by atoms with Gasteiger partial charge in [0, 0.05) is 19.5 Å². The lowest BCUT2D eigenvalue weighted by molar-refractivity contribution is -0.149. The van der Waals surface area contributed by atoms with E-state index in [1.54, 1.807) is 20.8 Å². The fourth-order valence-electron chi connectivity index (χ4n) is 4.43. The standard InChI is InChI=1S/C34H51N7O6/c1-23-15-17-25(18-16-23)22-46-31(44)27(14-8-9-19-39-33(45)47-34(2,3)4)40-30(43)28(21-24-11-6-5-7-12-24)41-29(42)26(35)13-10-20-38-32(36)37/h5-7,11-12,15-18,26-28H,8-10,13-14,19-22,35H2,1-4H3,(H,39,45)(H,40,43)(H,41,42)(H4,36,37,38)/t26-,27-,28+/m0/s1. The summed E-state index contributed by atoms with van der Waals surface area (Å²) in [7, 11) is 0. The molecule has 2 rings (SSSR count). The second-order valence-electron chi connectivity index (χ2n) is 12.4. The lowest BCUT2D eigenvalue weighted by atomic mass is 10.0. The average Bonchev–Trinajstić information content (AvgIpc) is 3.00. The summed E-state index contributed by atoms with van der Waals surface area (Å²) in [6.07, 6.45) is 1.66. The van der Waals surface area contributed by atoms with Crippen LogP contribution in [0.3, 0.4) is 0 Å². The number of rotatable bonds is 18. The van der Waals surface area contributed by atoms with E-state index >= 15 is 0 Å². The molecule has 0 fully saturated rings. The molecule has 9 N–H and O–H groups in total. The Kier molecular flexibility index (Phi) is 16.2. The van der Waals surface area contributed by atoms with Gasteiger partial charge < -0.3 is 42.6 Å². The predicted molar refractivity (Wildman–Crippen MR) is 181 cm³/mol. The van der Waals surface area contributed by atoms with Crippen LogP contribution < -0.4 is 33.2 Å². The van der Waals surface area contributed by atoms with Crippen molar-refractivity contribution in [2.24, 2.45) is 22.2 Å². The molecule has 3 atom stereocenters. The van der Waals surface area contributed by atoms with Crippen molar-refractivity contribution in [2.45, 2.75) is 96.6 Å². The van der Waals surface area contributed by atoms with Crippen LogP contribution in [0.5, 0.6) is 0 Å². The highest BCUT2D eigenvalue weighted by molar-refractivity contribution is 5.92. The van der Waals surface area contributed by atoms with Crippen LogP contribution in [0.2, 0.25) is 0 Å².